The van der Waals surface area contributed by atoms with Crippen LogP contribution in [0.3, 0.4) is 0 Å². The van der Waals surface area contributed by atoms with Crippen molar-refractivity contribution >= 4 is 5.91 Å². The van der Waals surface area contributed by atoms with Gasteiger partial charge < -0.3 is 10.0 Å². The van der Waals surface area contributed by atoms with Crippen LogP contribution in [0, 0.1) is 17.6 Å². The lowest BCUT2D eigenvalue weighted by molar-refractivity contribution is -0.142. The highest BCUT2D eigenvalue weighted by atomic mass is 19.2. The number of likely N-dealkylation sites (tertiary alicyclic amines) is 1. The van der Waals surface area contributed by atoms with Gasteiger partial charge in [-0.05, 0) is 30.0 Å². The van der Waals surface area contributed by atoms with Gasteiger partial charge in [-0.2, -0.15) is 0 Å². The topological polar surface area (TPSA) is 40.5 Å². The molecule has 0 spiro atoms. The fourth-order valence-corrected chi connectivity index (χ4v) is 2.45. The molecule has 1 heterocycles. The number of carbonyl (C=O) groups excluding carboxylic acids is 1. The minimum Gasteiger partial charge on any atom is -0.389 e. The van der Waals surface area contributed by atoms with Crippen LogP contribution >= 0.6 is 0 Å². The van der Waals surface area contributed by atoms with E-state index in [2.05, 4.69) is 0 Å². The molecular weight excluding hydrogens is 240 g/mol. The maximum absolute atomic E-state index is 13.1. The molecule has 2 unspecified atom stereocenters. The predicted octanol–water partition coefficient (Wildman–Crippen LogP) is 1.27. The number of benzene rings is 1. The summed E-state index contributed by atoms with van der Waals surface area (Å²) in [5, 5.41) is 9.13. The molecule has 96 valence electrons. The Morgan fingerprint density at radius 2 is 2.00 bits per heavy atom. The summed E-state index contributed by atoms with van der Waals surface area (Å²) in [7, 11) is 0. The molecule has 1 amide bonds. The number of hydrogen-bond donors (Lipinski definition) is 1. The molecule has 1 N–H and O–H groups in total. The molecular formula is C13H13F2NO2. The molecule has 1 aromatic rings. The van der Waals surface area contributed by atoms with Crippen LogP contribution in [0.1, 0.15) is 17.9 Å². The summed E-state index contributed by atoms with van der Waals surface area (Å²) >= 11 is 0. The quantitative estimate of drug-likeness (QED) is 0.862. The van der Waals surface area contributed by atoms with Gasteiger partial charge in [0.05, 0.1) is 6.10 Å². The number of halogens is 2. The third-order valence-electron chi connectivity index (χ3n) is 3.65. The van der Waals surface area contributed by atoms with Crippen LogP contribution in [0.4, 0.5) is 8.78 Å². The lowest BCUT2D eigenvalue weighted by atomic mass is 10.1. The highest BCUT2D eigenvalue weighted by Gasteiger charge is 2.47. The zero-order chi connectivity index (χ0) is 12.9. The second-order valence-electron chi connectivity index (χ2n) is 5.02. The molecule has 1 aliphatic carbocycles. The number of rotatable bonds is 2. The number of amides is 1. The van der Waals surface area contributed by atoms with Gasteiger partial charge in [-0.1, -0.05) is 6.07 Å². The van der Waals surface area contributed by atoms with Crippen LogP contribution < -0.4 is 0 Å². The lowest BCUT2D eigenvalue weighted by Crippen LogP contribution is -2.54. The molecule has 1 saturated carbocycles. The molecule has 2 aliphatic rings. The van der Waals surface area contributed by atoms with Crippen molar-refractivity contribution < 1.29 is 18.7 Å². The standard InChI is InChI=1S/C13H13F2NO2/c14-11-2-1-7(3-12(11)15)9-4-10(9)13(18)16-5-8(17)6-16/h1-3,8-10,17H,4-6H2. The Hall–Kier alpha value is -1.49. The summed E-state index contributed by atoms with van der Waals surface area (Å²) in [6.45, 7) is 0.777. The van der Waals surface area contributed by atoms with Crippen molar-refractivity contribution in [3.8, 4) is 0 Å². The van der Waals surface area contributed by atoms with Crippen molar-refractivity contribution in [1.82, 2.24) is 4.90 Å². The number of nitrogens with zero attached hydrogens (tertiary/aromatic N) is 1. The lowest BCUT2D eigenvalue weighted by Gasteiger charge is -2.36. The Balaban J connectivity index is 1.66. The molecule has 3 nitrogen and oxygen atoms in total. The van der Waals surface area contributed by atoms with Crippen LogP contribution in [0.5, 0.6) is 0 Å². The molecule has 1 saturated heterocycles. The summed E-state index contributed by atoms with van der Waals surface area (Å²) in [6.07, 6.45) is 0.269. The SMILES string of the molecule is O=C(C1CC1c1ccc(F)c(F)c1)N1CC(O)C1. The first-order valence-corrected chi connectivity index (χ1v) is 5.98. The number of carbonyl (C=O) groups is 1. The first kappa shape index (κ1) is 11.6. The van der Waals surface area contributed by atoms with Crippen LogP contribution in [0.2, 0.25) is 0 Å². The van der Waals surface area contributed by atoms with Gasteiger partial charge in [-0.3, -0.25) is 4.79 Å². The van der Waals surface area contributed by atoms with Gasteiger partial charge in [0.2, 0.25) is 5.91 Å². The van der Waals surface area contributed by atoms with Gasteiger partial charge in [-0.25, -0.2) is 8.78 Å². The number of aliphatic hydroxyl groups excluding tert-OH is 1. The largest absolute Gasteiger partial charge is 0.389 e. The molecule has 3 rings (SSSR count). The van der Waals surface area contributed by atoms with Gasteiger partial charge in [-0.15, -0.1) is 0 Å². The average Bonchev–Trinajstić information content (AvgIpc) is 3.08. The predicted molar refractivity (Wildman–Crippen MR) is 59.8 cm³/mol. The van der Waals surface area contributed by atoms with Crippen molar-refractivity contribution in [2.24, 2.45) is 5.92 Å². The minimum atomic E-state index is -0.870. The second kappa shape index (κ2) is 4.02. The number of hydrogen-bond acceptors (Lipinski definition) is 2. The van der Waals surface area contributed by atoms with Crippen molar-refractivity contribution in [3.05, 3.63) is 35.4 Å². The van der Waals surface area contributed by atoms with Crippen molar-refractivity contribution in [1.29, 1.82) is 0 Å². The Morgan fingerprint density at radius 1 is 1.28 bits per heavy atom. The van der Waals surface area contributed by atoms with Gasteiger partial charge >= 0.3 is 0 Å². The molecule has 0 bridgehead atoms. The van der Waals surface area contributed by atoms with Gasteiger partial charge in [0.15, 0.2) is 11.6 Å². The Morgan fingerprint density at radius 3 is 2.61 bits per heavy atom. The average molecular weight is 253 g/mol. The highest BCUT2D eigenvalue weighted by Crippen LogP contribution is 2.49. The number of β-amino-alcohol motifs (C(OH)–C–C–N with tert-alkyl or cyclic N) is 1. The smallest absolute Gasteiger partial charge is 0.226 e. The third-order valence-corrected chi connectivity index (χ3v) is 3.65. The van der Waals surface area contributed by atoms with Crippen LogP contribution in [0.25, 0.3) is 0 Å². The summed E-state index contributed by atoms with van der Waals surface area (Å²) in [6, 6.07) is 3.79. The van der Waals surface area contributed by atoms with Gasteiger partial charge in [0.1, 0.15) is 0 Å². The molecule has 18 heavy (non-hydrogen) atoms. The van der Waals surface area contributed by atoms with E-state index in [1.54, 1.807) is 4.90 Å². The fourth-order valence-electron chi connectivity index (χ4n) is 2.45. The van der Waals surface area contributed by atoms with Crippen molar-refractivity contribution in [2.75, 3.05) is 13.1 Å². The Bertz CT molecular complexity index is 500. The molecule has 2 atom stereocenters. The molecule has 2 fully saturated rings. The van der Waals surface area contributed by atoms with E-state index in [1.165, 1.54) is 6.07 Å². The second-order valence-corrected chi connectivity index (χ2v) is 5.02. The monoisotopic (exact) mass is 253 g/mol. The zero-order valence-electron chi connectivity index (χ0n) is 9.64. The molecule has 1 aromatic carbocycles. The zero-order valence-corrected chi connectivity index (χ0v) is 9.64. The van der Waals surface area contributed by atoms with E-state index in [-0.39, 0.29) is 17.7 Å². The minimum absolute atomic E-state index is 0.00894. The third kappa shape index (κ3) is 1.88. The number of aliphatic hydroxyl groups is 1. The van der Waals surface area contributed by atoms with E-state index in [1.807, 2.05) is 0 Å². The fraction of sp³-hybridized carbons (Fsp3) is 0.462. The maximum atomic E-state index is 13.1. The van der Waals surface area contributed by atoms with Crippen molar-refractivity contribution in [2.45, 2.75) is 18.4 Å². The van der Waals surface area contributed by atoms with E-state index in [0.717, 1.165) is 12.1 Å². The maximum Gasteiger partial charge on any atom is 0.226 e. The van der Waals surface area contributed by atoms with E-state index < -0.39 is 17.7 Å². The van der Waals surface area contributed by atoms with E-state index in [0.29, 0.717) is 25.1 Å². The van der Waals surface area contributed by atoms with Gasteiger partial charge in [0.25, 0.3) is 0 Å². The molecule has 5 heteroatoms. The van der Waals surface area contributed by atoms with E-state index in [9.17, 15) is 13.6 Å². The molecule has 0 aromatic heterocycles. The van der Waals surface area contributed by atoms with E-state index in [4.69, 9.17) is 5.11 Å². The summed E-state index contributed by atoms with van der Waals surface area (Å²) in [4.78, 5) is 13.5. The van der Waals surface area contributed by atoms with Crippen molar-refractivity contribution in [3.63, 3.8) is 0 Å². The normalized spacial score (nSPS) is 26.9. The first-order chi connectivity index (χ1) is 8.56. The highest BCUT2D eigenvalue weighted by molar-refractivity contribution is 5.83. The molecule has 1 aliphatic heterocycles. The summed E-state index contributed by atoms with van der Waals surface area (Å²) < 4.78 is 25.9. The van der Waals surface area contributed by atoms with E-state index >= 15 is 0 Å². The van der Waals surface area contributed by atoms with Crippen LogP contribution in [-0.4, -0.2) is 35.1 Å². The Labute approximate surface area is 103 Å². The van der Waals surface area contributed by atoms with Crippen LogP contribution in [0.15, 0.2) is 18.2 Å². The molecule has 0 radical (unpaired) electrons. The Kier molecular flexibility index (Phi) is 2.59. The van der Waals surface area contributed by atoms with Gasteiger partial charge in [0, 0.05) is 19.0 Å². The summed E-state index contributed by atoms with van der Waals surface area (Å²) in [5.41, 5.74) is 0.674. The van der Waals surface area contributed by atoms with Crippen LogP contribution in [-0.2, 0) is 4.79 Å². The summed E-state index contributed by atoms with van der Waals surface area (Å²) in [5.74, 6) is -1.87. The first-order valence-electron chi connectivity index (χ1n) is 5.98.